The van der Waals surface area contributed by atoms with E-state index in [9.17, 15) is 0 Å². The molecule has 2 heterocycles. The highest BCUT2D eigenvalue weighted by atomic mass is 35.5. The molecule has 0 spiro atoms. The average molecular weight is 207 g/mol. The molecular weight excluding hydrogens is 196 g/mol. The van der Waals surface area contributed by atoms with E-state index in [4.69, 9.17) is 11.6 Å². The molecule has 0 fully saturated rings. The fourth-order valence-corrected chi connectivity index (χ4v) is 1.96. The van der Waals surface area contributed by atoms with Crippen LogP contribution in [0.3, 0.4) is 0 Å². The summed E-state index contributed by atoms with van der Waals surface area (Å²) in [6.07, 6.45) is 3.93. The highest BCUT2D eigenvalue weighted by Gasteiger charge is 2.07. The van der Waals surface area contributed by atoms with Crippen molar-refractivity contribution in [2.75, 3.05) is 0 Å². The summed E-state index contributed by atoms with van der Waals surface area (Å²) in [5.74, 6) is 0. The number of aryl methyl sites for hydroxylation is 2. The second-order valence-electron chi connectivity index (χ2n) is 3.31. The second kappa shape index (κ2) is 3.46. The Balaban J connectivity index is 2.64. The van der Waals surface area contributed by atoms with E-state index < -0.39 is 0 Å². The lowest BCUT2D eigenvalue weighted by Gasteiger charge is -2.09. The zero-order chi connectivity index (χ0) is 10.1. The normalized spacial score (nSPS) is 10.5. The molecule has 2 aromatic heterocycles. The van der Waals surface area contributed by atoms with Crippen LogP contribution in [0.2, 0.25) is 5.15 Å². The third-order valence-corrected chi connectivity index (χ3v) is 2.40. The van der Waals surface area contributed by atoms with E-state index in [2.05, 4.69) is 4.98 Å². The summed E-state index contributed by atoms with van der Waals surface area (Å²) in [5, 5.41) is 0.554. The van der Waals surface area contributed by atoms with Gasteiger partial charge in [0.25, 0.3) is 0 Å². The van der Waals surface area contributed by atoms with Crippen LogP contribution in [0.15, 0.2) is 30.6 Å². The third kappa shape index (κ3) is 1.53. The summed E-state index contributed by atoms with van der Waals surface area (Å²) >= 11 is 6.09. The van der Waals surface area contributed by atoms with Crippen LogP contribution in [0.25, 0.3) is 5.69 Å². The molecule has 0 atom stereocenters. The number of hydrogen-bond acceptors (Lipinski definition) is 1. The van der Waals surface area contributed by atoms with Gasteiger partial charge < -0.3 is 4.57 Å². The molecule has 0 aromatic carbocycles. The largest absolute Gasteiger partial charge is 0.321 e. The van der Waals surface area contributed by atoms with Crippen molar-refractivity contribution in [2.45, 2.75) is 13.8 Å². The SMILES string of the molecule is Cc1cc(C)c(-n2cccc2)c(Cl)n1. The topological polar surface area (TPSA) is 17.8 Å². The maximum Gasteiger partial charge on any atom is 0.153 e. The number of hydrogen-bond donors (Lipinski definition) is 0. The standard InChI is InChI=1S/C11H11ClN2/c1-8-7-9(2)13-11(12)10(8)14-5-3-4-6-14/h3-7H,1-2H3. The Labute approximate surface area is 88.2 Å². The summed E-state index contributed by atoms with van der Waals surface area (Å²) < 4.78 is 1.98. The van der Waals surface area contributed by atoms with Crippen molar-refractivity contribution in [2.24, 2.45) is 0 Å². The Hall–Kier alpha value is -1.28. The van der Waals surface area contributed by atoms with Crippen LogP contribution in [-0.2, 0) is 0 Å². The van der Waals surface area contributed by atoms with Gasteiger partial charge in [-0.2, -0.15) is 0 Å². The van der Waals surface area contributed by atoms with E-state index in [-0.39, 0.29) is 0 Å². The van der Waals surface area contributed by atoms with E-state index >= 15 is 0 Å². The fourth-order valence-electron chi connectivity index (χ4n) is 1.58. The zero-order valence-electron chi connectivity index (χ0n) is 8.16. The second-order valence-corrected chi connectivity index (χ2v) is 3.67. The van der Waals surface area contributed by atoms with Gasteiger partial charge >= 0.3 is 0 Å². The van der Waals surface area contributed by atoms with Crippen molar-refractivity contribution in [3.63, 3.8) is 0 Å². The highest BCUT2D eigenvalue weighted by Crippen LogP contribution is 2.22. The van der Waals surface area contributed by atoms with E-state index in [1.807, 2.05) is 49.0 Å². The Morgan fingerprint density at radius 1 is 1.21 bits per heavy atom. The lowest BCUT2D eigenvalue weighted by Crippen LogP contribution is -1.98. The molecule has 0 radical (unpaired) electrons. The summed E-state index contributed by atoms with van der Waals surface area (Å²) in [7, 11) is 0. The molecule has 0 saturated carbocycles. The van der Waals surface area contributed by atoms with Crippen molar-refractivity contribution in [1.82, 2.24) is 9.55 Å². The highest BCUT2D eigenvalue weighted by molar-refractivity contribution is 6.31. The summed E-state index contributed by atoms with van der Waals surface area (Å²) in [6.45, 7) is 3.98. The molecular formula is C11H11ClN2. The van der Waals surface area contributed by atoms with Crippen LogP contribution in [0, 0.1) is 13.8 Å². The molecule has 0 aliphatic heterocycles. The lowest BCUT2D eigenvalue weighted by atomic mass is 10.2. The number of nitrogens with zero attached hydrogens (tertiary/aromatic N) is 2. The molecule has 2 nitrogen and oxygen atoms in total. The molecule has 0 N–H and O–H groups in total. The van der Waals surface area contributed by atoms with Crippen LogP contribution in [0.4, 0.5) is 0 Å². The van der Waals surface area contributed by atoms with Gasteiger partial charge in [0, 0.05) is 18.1 Å². The first-order valence-electron chi connectivity index (χ1n) is 4.45. The lowest BCUT2D eigenvalue weighted by molar-refractivity contribution is 1.02. The summed E-state index contributed by atoms with van der Waals surface area (Å²) in [6, 6.07) is 5.96. The molecule has 0 bridgehead atoms. The smallest absolute Gasteiger partial charge is 0.153 e. The first kappa shape index (κ1) is 9.28. The third-order valence-electron chi connectivity index (χ3n) is 2.13. The number of aromatic nitrogens is 2. The minimum atomic E-state index is 0.554. The van der Waals surface area contributed by atoms with Gasteiger partial charge in [0.1, 0.15) is 0 Å². The Morgan fingerprint density at radius 2 is 1.86 bits per heavy atom. The summed E-state index contributed by atoms with van der Waals surface area (Å²) in [4.78, 5) is 4.23. The molecule has 3 heteroatoms. The Kier molecular flexibility index (Phi) is 2.30. The number of pyridine rings is 1. The quantitative estimate of drug-likeness (QED) is 0.656. The molecule has 2 rings (SSSR count). The molecule has 2 aromatic rings. The van der Waals surface area contributed by atoms with Gasteiger partial charge in [-0.15, -0.1) is 0 Å². The van der Waals surface area contributed by atoms with E-state index in [1.54, 1.807) is 0 Å². The fraction of sp³-hybridized carbons (Fsp3) is 0.182. The Morgan fingerprint density at radius 3 is 2.43 bits per heavy atom. The minimum absolute atomic E-state index is 0.554. The van der Waals surface area contributed by atoms with Gasteiger partial charge in [-0.25, -0.2) is 4.98 Å². The molecule has 72 valence electrons. The van der Waals surface area contributed by atoms with E-state index in [0.29, 0.717) is 5.15 Å². The van der Waals surface area contributed by atoms with Crippen LogP contribution in [-0.4, -0.2) is 9.55 Å². The first-order chi connectivity index (χ1) is 6.68. The molecule has 14 heavy (non-hydrogen) atoms. The predicted molar refractivity (Wildman–Crippen MR) is 58.0 cm³/mol. The van der Waals surface area contributed by atoms with Crippen molar-refractivity contribution in [1.29, 1.82) is 0 Å². The molecule has 0 amide bonds. The predicted octanol–water partition coefficient (Wildman–Crippen LogP) is 3.14. The molecule has 0 aliphatic carbocycles. The van der Waals surface area contributed by atoms with Crippen LogP contribution in [0.5, 0.6) is 0 Å². The maximum absolute atomic E-state index is 6.09. The van der Waals surface area contributed by atoms with Crippen LogP contribution < -0.4 is 0 Å². The molecule has 0 unspecified atom stereocenters. The van der Waals surface area contributed by atoms with Crippen molar-refractivity contribution in [3.05, 3.63) is 47.0 Å². The van der Waals surface area contributed by atoms with Crippen molar-refractivity contribution < 1.29 is 0 Å². The molecule has 0 aliphatic rings. The average Bonchev–Trinajstić information content (AvgIpc) is 2.54. The Bertz CT molecular complexity index is 423. The minimum Gasteiger partial charge on any atom is -0.321 e. The van der Waals surface area contributed by atoms with Crippen molar-refractivity contribution in [3.8, 4) is 5.69 Å². The zero-order valence-corrected chi connectivity index (χ0v) is 8.92. The first-order valence-corrected chi connectivity index (χ1v) is 4.83. The van der Waals surface area contributed by atoms with Gasteiger partial charge in [0.05, 0.1) is 5.69 Å². The molecule has 0 saturated heterocycles. The van der Waals surface area contributed by atoms with E-state index in [0.717, 1.165) is 16.9 Å². The van der Waals surface area contributed by atoms with Gasteiger partial charge in [-0.1, -0.05) is 11.6 Å². The maximum atomic E-state index is 6.09. The van der Waals surface area contributed by atoms with Crippen molar-refractivity contribution >= 4 is 11.6 Å². The number of rotatable bonds is 1. The van der Waals surface area contributed by atoms with Gasteiger partial charge in [0.2, 0.25) is 0 Å². The summed E-state index contributed by atoms with van der Waals surface area (Å²) in [5.41, 5.74) is 3.05. The monoisotopic (exact) mass is 206 g/mol. The van der Waals surface area contributed by atoms with E-state index in [1.165, 1.54) is 0 Å². The van der Waals surface area contributed by atoms with Crippen LogP contribution in [0.1, 0.15) is 11.3 Å². The van der Waals surface area contributed by atoms with Gasteiger partial charge in [-0.05, 0) is 37.6 Å². The van der Waals surface area contributed by atoms with Crippen LogP contribution >= 0.6 is 11.6 Å². The van der Waals surface area contributed by atoms with Gasteiger partial charge in [0.15, 0.2) is 5.15 Å². The van der Waals surface area contributed by atoms with Gasteiger partial charge in [-0.3, -0.25) is 0 Å². The number of halogens is 1.